The Kier molecular flexibility index (Phi) is 7.77. The molecule has 0 unspecified atom stereocenters. The van der Waals surface area contributed by atoms with Crippen LogP contribution in [0.4, 0.5) is 30.8 Å². The zero-order valence-electron chi connectivity index (χ0n) is 20.4. The van der Waals surface area contributed by atoms with Gasteiger partial charge in [-0.15, -0.1) is 0 Å². The number of nitrogens with one attached hydrogen (secondary N) is 3. The lowest BCUT2D eigenvalue weighted by atomic mass is 9.89. The Morgan fingerprint density at radius 2 is 1.81 bits per heavy atom. The van der Waals surface area contributed by atoms with Gasteiger partial charge in [-0.05, 0) is 51.1 Å². The van der Waals surface area contributed by atoms with Gasteiger partial charge in [0.25, 0.3) is 0 Å². The topological polar surface area (TPSA) is 137 Å². The number of amides is 2. The molecule has 1 aromatic carbocycles. The smallest absolute Gasteiger partial charge is 0.410 e. The third-order valence-electron chi connectivity index (χ3n) is 4.99. The van der Waals surface area contributed by atoms with Crippen molar-refractivity contribution in [3.8, 4) is 5.75 Å². The largest absolute Gasteiger partial charge is 0.444 e. The molecule has 1 aromatic heterocycles. The Morgan fingerprint density at radius 1 is 1.17 bits per heavy atom. The van der Waals surface area contributed by atoms with Crippen LogP contribution in [-0.4, -0.2) is 64.1 Å². The summed E-state index contributed by atoms with van der Waals surface area (Å²) in [5.74, 6) is -0.836. The summed E-state index contributed by atoms with van der Waals surface area (Å²) >= 11 is 0. The number of halogens is 2. The molecule has 0 bridgehead atoms. The van der Waals surface area contributed by atoms with Crippen molar-refractivity contribution in [1.82, 2.24) is 9.88 Å². The number of benzene rings is 1. The molecule has 12 heteroatoms. The highest BCUT2D eigenvalue weighted by molar-refractivity contribution is 6.11. The van der Waals surface area contributed by atoms with Gasteiger partial charge in [-0.1, -0.05) is 0 Å². The third kappa shape index (κ3) is 7.11. The van der Waals surface area contributed by atoms with Crippen molar-refractivity contribution in [1.29, 1.82) is 5.41 Å². The zero-order chi connectivity index (χ0) is 26.7. The number of aliphatic hydroxyl groups is 1. The predicted molar refractivity (Wildman–Crippen MR) is 129 cm³/mol. The van der Waals surface area contributed by atoms with Gasteiger partial charge >= 0.3 is 12.2 Å². The third-order valence-corrected chi connectivity index (χ3v) is 4.99. The molecule has 1 aliphatic heterocycles. The molecule has 0 radical (unpaired) electrons. The molecule has 2 heterocycles. The van der Waals surface area contributed by atoms with Crippen molar-refractivity contribution in [2.75, 3.05) is 30.3 Å². The Balaban J connectivity index is 1.83. The van der Waals surface area contributed by atoms with Crippen LogP contribution in [0, 0.1) is 11.3 Å². The van der Waals surface area contributed by atoms with Gasteiger partial charge in [0.2, 0.25) is 5.91 Å². The molecule has 3 rings (SSSR count). The van der Waals surface area contributed by atoms with Crippen LogP contribution in [0.3, 0.4) is 0 Å². The summed E-state index contributed by atoms with van der Waals surface area (Å²) in [6.07, 6.45) is -2.40. The molecule has 0 aliphatic carbocycles. The fourth-order valence-corrected chi connectivity index (χ4v) is 3.41. The lowest BCUT2D eigenvalue weighted by Gasteiger charge is -2.40. The first kappa shape index (κ1) is 26.8. The van der Waals surface area contributed by atoms with Crippen LogP contribution < -0.4 is 15.4 Å². The molecule has 10 nitrogen and oxygen atoms in total. The number of hydrogen-bond donors (Lipinski definition) is 4. The van der Waals surface area contributed by atoms with Gasteiger partial charge in [0.15, 0.2) is 0 Å². The van der Waals surface area contributed by atoms with Crippen molar-refractivity contribution in [2.24, 2.45) is 5.92 Å². The number of ether oxygens (including phenoxy) is 2. The second-order valence-corrected chi connectivity index (χ2v) is 9.34. The molecule has 1 aliphatic rings. The summed E-state index contributed by atoms with van der Waals surface area (Å²) in [7, 11) is 0. The first-order chi connectivity index (χ1) is 16.8. The van der Waals surface area contributed by atoms with E-state index >= 15 is 0 Å². The minimum Gasteiger partial charge on any atom is -0.444 e. The Hall–Kier alpha value is -3.80. The van der Waals surface area contributed by atoms with Crippen molar-refractivity contribution in [2.45, 2.75) is 39.4 Å². The Labute approximate surface area is 207 Å². The number of aliphatic hydroxyl groups excluding tert-OH is 1. The maximum atomic E-state index is 13.1. The number of anilines is 3. The molecule has 2 amide bonds. The Bertz CT molecular complexity index is 1120. The lowest BCUT2D eigenvalue weighted by Crippen LogP contribution is -2.54. The molecule has 0 atom stereocenters. The minimum atomic E-state index is -3.33. The van der Waals surface area contributed by atoms with Crippen LogP contribution in [-0.2, 0) is 9.53 Å². The van der Waals surface area contributed by atoms with E-state index in [0.717, 1.165) is 0 Å². The van der Waals surface area contributed by atoms with E-state index in [2.05, 4.69) is 20.4 Å². The summed E-state index contributed by atoms with van der Waals surface area (Å²) in [6, 6.07) is 7.21. The van der Waals surface area contributed by atoms with E-state index in [-0.39, 0.29) is 47.5 Å². The highest BCUT2D eigenvalue weighted by atomic mass is 19.3. The second-order valence-electron chi connectivity index (χ2n) is 9.34. The van der Waals surface area contributed by atoms with Crippen LogP contribution in [0.5, 0.6) is 5.75 Å². The standard InChI is InChI=1S/C24H29F2N5O5/c1-23(2,3)36-22(34)31-11-14(12-31)20(27)19-17(30-18(33)13-32)9-10-28-21(19)29-15-5-7-16(8-6-15)35-24(4,25)26/h5-10,14,27,32H,11-13H2,1-4H3,(H2,28,29,30,33). The first-order valence-electron chi connectivity index (χ1n) is 11.2. The number of pyridine rings is 1. The molecule has 0 saturated carbocycles. The Morgan fingerprint density at radius 3 is 2.36 bits per heavy atom. The molecule has 194 valence electrons. The number of rotatable bonds is 8. The number of likely N-dealkylation sites (tertiary alicyclic amines) is 1. The molecule has 2 aromatic rings. The number of hydrogen-bond acceptors (Lipinski definition) is 8. The van der Waals surface area contributed by atoms with Gasteiger partial charge in [0.1, 0.15) is 23.8 Å². The van der Waals surface area contributed by atoms with Crippen molar-refractivity contribution < 1.29 is 33.0 Å². The van der Waals surface area contributed by atoms with E-state index < -0.39 is 30.3 Å². The zero-order valence-corrected chi connectivity index (χ0v) is 20.4. The van der Waals surface area contributed by atoms with E-state index in [1.807, 2.05) is 0 Å². The van der Waals surface area contributed by atoms with Crippen molar-refractivity contribution >= 4 is 34.9 Å². The van der Waals surface area contributed by atoms with E-state index in [9.17, 15) is 23.5 Å². The van der Waals surface area contributed by atoms with Crippen molar-refractivity contribution in [3.63, 3.8) is 0 Å². The normalized spacial score (nSPS) is 14.0. The molecular weight excluding hydrogens is 476 g/mol. The number of carbonyl (C=O) groups is 2. The maximum Gasteiger partial charge on any atom is 0.410 e. The maximum absolute atomic E-state index is 13.1. The summed E-state index contributed by atoms with van der Waals surface area (Å²) in [4.78, 5) is 29.9. The number of nitrogens with zero attached hydrogens (tertiary/aromatic N) is 2. The molecule has 36 heavy (non-hydrogen) atoms. The van der Waals surface area contributed by atoms with E-state index in [0.29, 0.717) is 12.6 Å². The van der Waals surface area contributed by atoms with Gasteiger partial charge in [0.05, 0.1) is 17.0 Å². The van der Waals surface area contributed by atoms with Gasteiger partial charge < -0.3 is 35.5 Å². The monoisotopic (exact) mass is 505 g/mol. The number of aromatic nitrogens is 1. The average Bonchev–Trinajstić information content (AvgIpc) is 2.71. The summed E-state index contributed by atoms with van der Waals surface area (Å²) in [5.41, 5.74) is 0.458. The van der Waals surface area contributed by atoms with Crippen LogP contribution >= 0.6 is 0 Å². The molecule has 1 saturated heterocycles. The fourth-order valence-electron chi connectivity index (χ4n) is 3.41. The predicted octanol–water partition coefficient (Wildman–Crippen LogP) is 3.98. The van der Waals surface area contributed by atoms with E-state index in [1.54, 1.807) is 20.8 Å². The molecule has 1 fully saturated rings. The minimum absolute atomic E-state index is 0.0327. The highest BCUT2D eigenvalue weighted by Crippen LogP contribution is 2.32. The van der Waals surface area contributed by atoms with Crippen LogP contribution in [0.15, 0.2) is 36.5 Å². The average molecular weight is 506 g/mol. The summed E-state index contributed by atoms with van der Waals surface area (Å²) in [6.45, 7) is 5.66. The first-order valence-corrected chi connectivity index (χ1v) is 11.2. The fraction of sp³-hybridized carbons (Fsp3) is 0.417. The van der Waals surface area contributed by atoms with E-state index in [4.69, 9.17) is 10.1 Å². The molecule has 4 N–H and O–H groups in total. The van der Waals surface area contributed by atoms with Gasteiger partial charge in [-0.3, -0.25) is 4.79 Å². The highest BCUT2D eigenvalue weighted by Gasteiger charge is 2.38. The van der Waals surface area contributed by atoms with Crippen LogP contribution in [0.1, 0.15) is 33.3 Å². The lowest BCUT2D eigenvalue weighted by molar-refractivity contribution is -0.158. The van der Waals surface area contributed by atoms with Crippen molar-refractivity contribution in [3.05, 3.63) is 42.1 Å². The summed E-state index contributed by atoms with van der Waals surface area (Å²) in [5, 5.41) is 23.6. The summed E-state index contributed by atoms with van der Waals surface area (Å²) < 4.78 is 36.1. The van der Waals surface area contributed by atoms with Crippen LogP contribution in [0.25, 0.3) is 0 Å². The van der Waals surface area contributed by atoms with E-state index in [1.165, 1.54) is 41.4 Å². The van der Waals surface area contributed by atoms with Gasteiger partial charge in [-0.25, -0.2) is 9.78 Å². The van der Waals surface area contributed by atoms with Crippen LogP contribution in [0.2, 0.25) is 0 Å². The number of alkyl halides is 2. The van der Waals surface area contributed by atoms with Gasteiger partial charge in [-0.2, -0.15) is 8.78 Å². The molecule has 0 spiro atoms. The quantitative estimate of drug-likeness (QED) is 0.398. The SMILES string of the molecule is CC(C)(C)OC(=O)N1CC(C(=N)c2c(NC(=O)CO)ccnc2Nc2ccc(OC(C)(F)F)cc2)C1. The molecular formula is C24H29F2N5O5. The second kappa shape index (κ2) is 10.4. The number of carbonyl (C=O) groups excluding carboxylic acids is 2. The van der Waals surface area contributed by atoms with Gasteiger partial charge in [0, 0.05) is 37.8 Å².